The third-order valence-electron chi connectivity index (χ3n) is 1.76. The van der Waals surface area contributed by atoms with Gasteiger partial charge in [-0.15, -0.1) is 0 Å². The number of aromatic nitrogens is 2. The van der Waals surface area contributed by atoms with Crippen molar-refractivity contribution in [3.05, 3.63) is 23.8 Å². The SMILES string of the molecule is CC(C)c1cnc(CCN)nc1. The van der Waals surface area contributed by atoms with Crippen LogP contribution in [0.1, 0.15) is 31.2 Å². The summed E-state index contributed by atoms with van der Waals surface area (Å²) in [4.78, 5) is 8.40. The highest BCUT2D eigenvalue weighted by Crippen LogP contribution is 2.10. The molecule has 1 aromatic heterocycles. The third-order valence-corrected chi connectivity index (χ3v) is 1.76. The minimum absolute atomic E-state index is 0.497. The predicted octanol–water partition coefficient (Wildman–Crippen LogP) is 1.10. The highest BCUT2D eigenvalue weighted by molar-refractivity contribution is 5.09. The molecule has 3 nitrogen and oxygen atoms in total. The Balaban J connectivity index is 2.71. The Hall–Kier alpha value is -0.960. The van der Waals surface area contributed by atoms with Crippen molar-refractivity contribution in [2.24, 2.45) is 5.73 Å². The lowest BCUT2D eigenvalue weighted by Gasteiger charge is -2.03. The van der Waals surface area contributed by atoms with E-state index in [0.29, 0.717) is 12.5 Å². The number of rotatable bonds is 3. The third kappa shape index (κ3) is 2.27. The van der Waals surface area contributed by atoms with Gasteiger partial charge in [0, 0.05) is 18.8 Å². The lowest BCUT2D eigenvalue weighted by atomic mass is 10.1. The molecule has 1 heterocycles. The van der Waals surface area contributed by atoms with Gasteiger partial charge in [-0.3, -0.25) is 0 Å². The van der Waals surface area contributed by atoms with Crippen LogP contribution in [-0.4, -0.2) is 16.5 Å². The fourth-order valence-corrected chi connectivity index (χ4v) is 0.921. The molecule has 0 aliphatic rings. The lowest BCUT2D eigenvalue weighted by Crippen LogP contribution is -2.06. The molecular formula is C9H15N3. The van der Waals surface area contributed by atoms with Crippen LogP contribution in [0, 0.1) is 0 Å². The molecule has 66 valence electrons. The van der Waals surface area contributed by atoms with Crippen molar-refractivity contribution in [1.29, 1.82) is 0 Å². The van der Waals surface area contributed by atoms with E-state index in [-0.39, 0.29) is 0 Å². The molecule has 0 atom stereocenters. The Labute approximate surface area is 73.0 Å². The van der Waals surface area contributed by atoms with Gasteiger partial charge in [0.2, 0.25) is 0 Å². The van der Waals surface area contributed by atoms with Gasteiger partial charge >= 0.3 is 0 Å². The Kier molecular flexibility index (Phi) is 3.17. The monoisotopic (exact) mass is 165 g/mol. The van der Waals surface area contributed by atoms with Crippen LogP contribution in [-0.2, 0) is 6.42 Å². The molecule has 0 spiro atoms. The van der Waals surface area contributed by atoms with Crippen LogP contribution in [0.3, 0.4) is 0 Å². The zero-order chi connectivity index (χ0) is 8.97. The molecule has 2 N–H and O–H groups in total. The van der Waals surface area contributed by atoms with E-state index < -0.39 is 0 Å². The molecule has 0 fully saturated rings. The molecule has 0 aliphatic heterocycles. The van der Waals surface area contributed by atoms with E-state index in [0.717, 1.165) is 12.2 Å². The average molecular weight is 165 g/mol. The average Bonchev–Trinajstić information content (AvgIpc) is 2.06. The van der Waals surface area contributed by atoms with Crippen molar-refractivity contribution in [3.63, 3.8) is 0 Å². The molecule has 0 aromatic carbocycles. The summed E-state index contributed by atoms with van der Waals surface area (Å²) >= 11 is 0. The maximum Gasteiger partial charge on any atom is 0.129 e. The van der Waals surface area contributed by atoms with Crippen molar-refractivity contribution in [3.8, 4) is 0 Å². The summed E-state index contributed by atoms with van der Waals surface area (Å²) in [6, 6.07) is 0. The van der Waals surface area contributed by atoms with Gasteiger partial charge in [0.15, 0.2) is 0 Å². The first-order chi connectivity index (χ1) is 5.74. The number of nitrogens with two attached hydrogens (primary N) is 1. The standard InChI is InChI=1S/C9H15N3/c1-7(2)8-5-11-9(3-4-10)12-6-8/h5-7H,3-4,10H2,1-2H3. The van der Waals surface area contributed by atoms with Gasteiger partial charge in [-0.05, 0) is 18.0 Å². The highest BCUT2D eigenvalue weighted by Gasteiger charge is 1.99. The first-order valence-corrected chi connectivity index (χ1v) is 4.25. The molecular weight excluding hydrogens is 150 g/mol. The molecule has 1 rings (SSSR count). The molecule has 3 heteroatoms. The first-order valence-electron chi connectivity index (χ1n) is 4.25. The summed E-state index contributed by atoms with van der Waals surface area (Å²) in [5, 5.41) is 0. The second-order valence-corrected chi connectivity index (χ2v) is 3.13. The van der Waals surface area contributed by atoms with Crippen LogP contribution in [0.5, 0.6) is 0 Å². The van der Waals surface area contributed by atoms with E-state index in [9.17, 15) is 0 Å². The van der Waals surface area contributed by atoms with Crippen LogP contribution in [0.25, 0.3) is 0 Å². The van der Waals surface area contributed by atoms with Gasteiger partial charge in [-0.1, -0.05) is 13.8 Å². The molecule has 0 saturated carbocycles. The zero-order valence-corrected chi connectivity index (χ0v) is 7.62. The van der Waals surface area contributed by atoms with E-state index in [2.05, 4.69) is 23.8 Å². The molecule has 1 aromatic rings. The predicted molar refractivity (Wildman–Crippen MR) is 48.9 cm³/mol. The minimum atomic E-state index is 0.497. The van der Waals surface area contributed by atoms with Crippen molar-refractivity contribution in [1.82, 2.24) is 9.97 Å². The van der Waals surface area contributed by atoms with E-state index >= 15 is 0 Å². The quantitative estimate of drug-likeness (QED) is 0.729. The van der Waals surface area contributed by atoms with E-state index in [1.54, 1.807) is 0 Å². The summed E-state index contributed by atoms with van der Waals surface area (Å²) in [5.74, 6) is 1.33. The lowest BCUT2D eigenvalue weighted by molar-refractivity contribution is 0.810. The summed E-state index contributed by atoms with van der Waals surface area (Å²) in [6.45, 7) is 4.86. The highest BCUT2D eigenvalue weighted by atomic mass is 14.9. The van der Waals surface area contributed by atoms with Gasteiger partial charge in [0.05, 0.1) is 0 Å². The molecule has 12 heavy (non-hydrogen) atoms. The van der Waals surface area contributed by atoms with Gasteiger partial charge in [0.1, 0.15) is 5.82 Å². The van der Waals surface area contributed by atoms with Crippen LogP contribution < -0.4 is 5.73 Å². The Morgan fingerprint density at radius 1 is 1.33 bits per heavy atom. The Morgan fingerprint density at radius 2 is 1.92 bits per heavy atom. The number of nitrogens with zero attached hydrogens (tertiary/aromatic N) is 2. The van der Waals surface area contributed by atoms with E-state index in [1.165, 1.54) is 5.56 Å². The molecule has 0 amide bonds. The fourth-order valence-electron chi connectivity index (χ4n) is 0.921. The fraction of sp³-hybridized carbons (Fsp3) is 0.556. The molecule has 0 unspecified atom stereocenters. The largest absolute Gasteiger partial charge is 0.330 e. The maximum atomic E-state index is 5.38. The van der Waals surface area contributed by atoms with Crippen LogP contribution in [0.2, 0.25) is 0 Å². The van der Waals surface area contributed by atoms with Crippen LogP contribution >= 0.6 is 0 Å². The summed E-state index contributed by atoms with van der Waals surface area (Å²) in [6.07, 6.45) is 4.52. The first kappa shape index (κ1) is 9.13. The van der Waals surface area contributed by atoms with Crippen molar-refractivity contribution >= 4 is 0 Å². The molecule has 0 aliphatic carbocycles. The van der Waals surface area contributed by atoms with E-state index in [4.69, 9.17) is 5.73 Å². The Morgan fingerprint density at radius 3 is 2.33 bits per heavy atom. The van der Waals surface area contributed by atoms with E-state index in [1.807, 2.05) is 12.4 Å². The summed E-state index contributed by atoms with van der Waals surface area (Å²) < 4.78 is 0. The topological polar surface area (TPSA) is 51.8 Å². The van der Waals surface area contributed by atoms with Crippen LogP contribution in [0.4, 0.5) is 0 Å². The second-order valence-electron chi connectivity index (χ2n) is 3.13. The van der Waals surface area contributed by atoms with Gasteiger partial charge in [-0.2, -0.15) is 0 Å². The number of hydrogen-bond donors (Lipinski definition) is 1. The van der Waals surface area contributed by atoms with Gasteiger partial charge in [-0.25, -0.2) is 9.97 Å². The van der Waals surface area contributed by atoms with Crippen LogP contribution in [0.15, 0.2) is 12.4 Å². The smallest absolute Gasteiger partial charge is 0.129 e. The van der Waals surface area contributed by atoms with Crippen molar-refractivity contribution in [2.75, 3.05) is 6.54 Å². The Bertz CT molecular complexity index is 228. The van der Waals surface area contributed by atoms with Crippen molar-refractivity contribution in [2.45, 2.75) is 26.2 Å². The zero-order valence-electron chi connectivity index (χ0n) is 7.62. The second kappa shape index (κ2) is 4.16. The number of hydrogen-bond acceptors (Lipinski definition) is 3. The molecule has 0 saturated heterocycles. The summed E-state index contributed by atoms with van der Waals surface area (Å²) in [7, 11) is 0. The summed E-state index contributed by atoms with van der Waals surface area (Å²) in [5.41, 5.74) is 6.56. The molecule has 0 bridgehead atoms. The van der Waals surface area contributed by atoms with Crippen molar-refractivity contribution < 1.29 is 0 Å². The minimum Gasteiger partial charge on any atom is -0.330 e. The normalized spacial score (nSPS) is 10.7. The van der Waals surface area contributed by atoms with Gasteiger partial charge in [0.25, 0.3) is 0 Å². The van der Waals surface area contributed by atoms with Gasteiger partial charge < -0.3 is 5.73 Å². The molecule has 0 radical (unpaired) electrons. The maximum absolute atomic E-state index is 5.38.